The first-order valence-electron chi connectivity index (χ1n) is 5.52. The van der Waals surface area contributed by atoms with Gasteiger partial charge in [0.1, 0.15) is 4.88 Å². The lowest BCUT2D eigenvalue weighted by Crippen LogP contribution is -2.46. The Labute approximate surface area is 99.0 Å². The van der Waals surface area contributed by atoms with Crippen LogP contribution in [0.3, 0.4) is 0 Å². The van der Waals surface area contributed by atoms with E-state index in [1.807, 2.05) is 18.7 Å². The second kappa shape index (κ2) is 4.88. The summed E-state index contributed by atoms with van der Waals surface area (Å²) in [5.74, 6) is 0.334. The summed E-state index contributed by atoms with van der Waals surface area (Å²) in [4.78, 5) is 14.8. The van der Waals surface area contributed by atoms with Gasteiger partial charge in [-0.15, -0.1) is 5.10 Å². The lowest BCUT2D eigenvalue weighted by Gasteiger charge is -2.27. The van der Waals surface area contributed by atoms with Crippen molar-refractivity contribution in [1.29, 1.82) is 0 Å². The average molecular weight is 240 g/mol. The van der Waals surface area contributed by atoms with Crippen LogP contribution in [-0.4, -0.2) is 46.6 Å². The van der Waals surface area contributed by atoms with E-state index in [0.29, 0.717) is 4.88 Å². The third-order valence-electron chi connectivity index (χ3n) is 2.66. The molecular formula is C10H16N4OS. The highest BCUT2D eigenvalue weighted by atomic mass is 32.1. The van der Waals surface area contributed by atoms with Gasteiger partial charge >= 0.3 is 0 Å². The van der Waals surface area contributed by atoms with Crippen LogP contribution < -0.4 is 5.32 Å². The van der Waals surface area contributed by atoms with Crippen molar-refractivity contribution in [3.8, 4) is 0 Å². The molecular weight excluding hydrogens is 224 g/mol. The monoisotopic (exact) mass is 240 g/mol. The molecule has 1 saturated heterocycles. The highest BCUT2D eigenvalue weighted by molar-refractivity contribution is 7.08. The summed E-state index contributed by atoms with van der Waals surface area (Å²) < 4.78 is 3.89. The van der Waals surface area contributed by atoms with Crippen molar-refractivity contribution in [3.05, 3.63) is 10.6 Å². The smallest absolute Gasteiger partial charge is 0.267 e. The molecule has 16 heavy (non-hydrogen) atoms. The lowest BCUT2D eigenvalue weighted by molar-refractivity contribution is 0.0739. The van der Waals surface area contributed by atoms with Crippen LogP contribution in [0.4, 0.5) is 0 Å². The van der Waals surface area contributed by atoms with Gasteiger partial charge in [0.25, 0.3) is 5.91 Å². The summed E-state index contributed by atoms with van der Waals surface area (Å²) in [7, 11) is 0. The molecule has 2 heterocycles. The third kappa shape index (κ3) is 2.22. The van der Waals surface area contributed by atoms with Gasteiger partial charge in [-0.2, -0.15) is 0 Å². The fourth-order valence-electron chi connectivity index (χ4n) is 1.74. The highest BCUT2D eigenvalue weighted by Gasteiger charge is 2.24. The van der Waals surface area contributed by atoms with Gasteiger partial charge in [0.2, 0.25) is 0 Å². The molecule has 0 atom stereocenters. The number of hydrogen-bond donors (Lipinski definition) is 1. The number of piperazine rings is 1. The predicted octanol–water partition coefficient (Wildman–Crippen LogP) is 0.707. The summed E-state index contributed by atoms with van der Waals surface area (Å²) >= 11 is 1.21. The van der Waals surface area contributed by atoms with E-state index in [1.165, 1.54) is 11.5 Å². The summed E-state index contributed by atoms with van der Waals surface area (Å²) in [5, 5.41) is 7.27. The molecule has 1 fully saturated rings. The third-order valence-corrected chi connectivity index (χ3v) is 3.39. The Bertz CT molecular complexity index is 371. The quantitative estimate of drug-likeness (QED) is 0.827. The van der Waals surface area contributed by atoms with Crippen molar-refractivity contribution in [3.63, 3.8) is 0 Å². The summed E-state index contributed by atoms with van der Waals surface area (Å²) in [6, 6.07) is 0. The summed E-state index contributed by atoms with van der Waals surface area (Å²) in [6.07, 6.45) is 0. The Kier molecular flexibility index (Phi) is 3.50. The molecule has 1 aliphatic heterocycles. The van der Waals surface area contributed by atoms with E-state index < -0.39 is 0 Å². The highest BCUT2D eigenvalue weighted by Crippen LogP contribution is 2.21. The average Bonchev–Trinajstić information content (AvgIpc) is 2.78. The largest absolute Gasteiger partial charge is 0.335 e. The Morgan fingerprint density at radius 3 is 2.75 bits per heavy atom. The molecule has 0 aliphatic carbocycles. The number of hydrogen-bond acceptors (Lipinski definition) is 5. The van der Waals surface area contributed by atoms with E-state index in [-0.39, 0.29) is 11.8 Å². The summed E-state index contributed by atoms with van der Waals surface area (Å²) in [6.45, 7) is 7.35. The van der Waals surface area contributed by atoms with Crippen LogP contribution >= 0.6 is 11.5 Å². The van der Waals surface area contributed by atoms with E-state index in [2.05, 4.69) is 14.9 Å². The first-order valence-corrected chi connectivity index (χ1v) is 6.29. The minimum absolute atomic E-state index is 0.0835. The maximum atomic E-state index is 12.2. The van der Waals surface area contributed by atoms with Crippen molar-refractivity contribution in [2.45, 2.75) is 19.8 Å². The molecule has 2 rings (SSSR count). The molecule has 1 N–H and O–H groups in total. The summed E-state index contributed by atoms with van der Waals surface area (Å²) in [5.41, 5.74) is 0.827. The van der Waals surface area contributed by atoms with Gasteiger partial charge in [0.15, 0.2) is 0 Å². The molecule has 1 aromatic heterocycles. The molecule has 1 aromatic rings. The fourth-order valence-corrected chi connectivity index (χ4v) is 2.52. The Morgan fingerprint density at radius 2 is 2.12 bits per heavy atom. The van der Waals surface area contributed by atoms with Crippen molar-refractivity contribution < 1.29 is 4.79 Å². The van der Waals surface area contributed by atoms with Gasteiger partial charge in [0.05, 0.1) is 5.69 Å². The number of carbonyl (C=O) groups is 1. The first kappa shape index (κ1) is 11.5. The lowest BCUT2D eigenvalue weighted by atomic mass is 10.1. The number of carbonyl (C=O) groups excluding carboxylic acids is 1. The second-order valence-corrected chi connectivity index (χ2v) is 4.94. The van der Waals surface area contributed by atoms with Crippen LogP contribution in [0.15, 0.2) is 0 Å². The van der Waals surface area contributed by atoms with Crippen molar-refractivity contribution in [2.24, 2.45) is 0 Å². The Morgan fingerprint density at radius 1 is 1.44 bits per heavy atom. The van der Waals surface area contributed by atoms with E-state index in [1.54, 1.807) is 0 Å². The molecule has 88 valence electrons. The van der Waals surface area contributed by atoms with Crippen LogP contribution in [0.25, 0.3) is 0 Å². The molecule has 0 bridgehead atoms. The molecule has 5 nitrogen and oxygen atoms in total. The SMILES string of the molecule is CC(C)c1nnsc1C(=O)N1CCNCC1. The van der Waals surface area contributed by atoms with Gasteiger partial charge in [0, 0.05) is 26.2 Å². The molecule has 0 saturated carbocycles. The number of nitrogens with one attached hydrogen (secondary N) is 1. The van der Waals surface area contributed by atoms with E-state index >= 15 is 0 Å². The van der Waals surface area contributed by atoms with Gasteiger partial charge in [-0.25, -0.2) is 0 Å². The number of amides is 1. The molecule has 0 unspecified atom stereocenters. The zero-order valence-corrected chi connectivity index (χ0v) is 10.4. The molecule has 1 amide bonds. The standard InChI is InChI=1S/C10H16N4OS/c1-7(2)8-9(16-13-12-8)10(15)14-5-3-11-4-6-14/h7,11H,3-6H2,1-2H3. The van der Waals surface area contributed by atoms with Crippen LogP contribution in [0.1, 0.15) is 35.1 Å². The Hall–Kier alpha value is -1.01. The van der Waals surface area contributed by atoms with Crippen LogP contribution in [0, 0.1) is 0 Å². The van der Waals surface area contributed by atoms with Crippen LogP contribution in [0.2, 0.25) is 0 Å². The minimum Gasteiger partial charge on any atom is -0.335 e. The minimum atomic E-state index is 0.0835. The van der Waals surface area contributed by atoms with Gasteiger partial charge in [-0.1, -0.05) is 18.3 Å². The zero-order chi connectivity index (χ0) is 11.5. The molecule has 0 spiro atoms. The second-order valence-electron chi connectivity index (χ2n) is 4.18. The topological polar surface area (TPSA) is 58.1 Å². The van der Waals surface area contributed by atoms with E-state index in [4.69, 9.17) is 0 Å². The van der Waals surface area contributed by atoms with Crippen molar-refractivity contribution in [1.82, 2.24) is 19.8 Å². The predicted molar refractivity (Wildman–Crippen MR) is 62.8 cm³/mol. The van der Waals surface area contributed by atoms with Crippen LogP contribution in [0.5, 0.6) is 0 Å². The Balaban J connectivity index is 2.16. The molecule has 1 aliphatic rings. The van der Waals surface area contributed by atoms with Crippen molar-refractivity contribution in [2.75, 3.05) is 26.2 Å². The van der Waals surface area contributed by atoms with Gasteiger partial charge < -0.3 is 10.2 Å². The molecule has 6 heteroatoms. The molecule has 0 aromatic carbocycles. The normalized spacial score (nSPS) is 16.8. The fraction of sp³-hybridized carbons (Fsp3) is 0.700. The van der Waals surface area contributed by atoms with Crippen molar-refractivity contribution >= 4 is 17.4 Å². The maximum Gasteiger partial charge on any atom is 0.267 e. The molecule has 0 radical (unpaired) electrons. The number of rotatable bonds is 2. The van der Waals surface area contributed by atoms with Crippen LogP contribution in [-0.2, 0) is 0 Å². The maximum absolute atomic E-state index is 12.2. The van der Waals surface area contributed by atoms with Gasteiger partial charge in [-0.05, 0) is 17.5 Å². The van der Waals surface area contributed by atoms with E-state index in [9.17, 15) is 4.79 Å². The number of nitrogens with zero attached hydrogens (tertiary/aromatic N) is 3. The van der Waals surface area contributed by atoms with E-state index in [0.717, 1.165) is 31.9 Å². The first-order chi connectivity index (χ1) is 7.70. The van der Waals surface area contributed by atoms with Gasteiger partial charge in [-0.3, -0.25) is 4.79 Å². The zero-order valence-electron chi connectivity index (χ0n) is 9.56. The number of aromatic nitrogens is 2.